The molecule has 5 atom stereocenters. The Hall–Kier alpha value is -3.34. The first-order valence-corrected chi connectivity index (χ1v) is 12.3. The number of aromatic nitrogens is 4. The molecule has 4 aromatic rings. The zero-order valence-corrected chi connectivity index (χ0v) is 19.5. The first-order valence-electron chi connectivity index (χ1n) is 12.3. The molecule has 10 heteroatoms. The van der Waals surface area contributed by atoms with Gasteiger partial charge in [-0.15, -0.1) is 0 Å². The minimum atomic E-state index is -1.37. The van der Waals surface area contributed by atoms with E-state index in [2.05, 4.69) is 15.0 Å². The average Bonchev–Trinajstić information content (AvgIpc) is 3.49. The predicted molar refractivity (Wildman–Crippen MR) is 131 cm³/mol. The number of benzene rings is 1. The van der Waals surface area contributed by atoms with E-state index < -0.39 is 29.9 Å². The van der Waals surface area contributed by atoms with E-state index in [1.54, 1.807) is 0 Å². The molecule has 0 radical (unpaired) electrons. The summed E-state index contributed by atoms with van der Waals surface area (Å²) >= 11 is 0. The summed E-state index contributed by atoms with van der Waals surface area (Å²) in [5, 5.41) is 24.3. The number of ether oxygens (including phenoxy) is 1. The number of aliphatic hydroxyl groups is 2. The molecular weight excluding hydrogens is 463 g/mol. The van der Waals surface area contributed by atoms with Crippen LogP contribution in [0.5, 0.6) is 0 Å². The smallest absolute Gasteiger partial charge is 0.165 e. The van der Waals surface area contributed by atoms with Gasteiger partial charge >= 0.3 is 0 Å². The fourth-order valence-electron chi connectivity index (χ4n) is 6.23. The average molecular weight is 491 g/mol. The van der Waals surface area contributed by atoms with Crippen LogP contribution in [0.15, 0.2) is 36.8 Å². The van der Waals surface area contributed by atoms with Gasteiger partial charge in [-0.1, -0.05) is 12.1 Å². The number of hydrogen-bond donors (Lipinski definition) is 4. The summed E-state index contributed by atoms with van der Waals surface area (Å²) in [5.74, 6) is 0.128. The van der Waals surface area contributed by atoms with E-state index in [4.69, 9.17) is 16.2 Å². The van der Waals surface area contributed by atoms with Crippen molar-refractivity contribution in [1.82, 2.24) is 19.5 Å². The Kier molecular flexibility index (Phi) is 4.61. The van der Waals surface area contributed by atoms with Gasteiger partial charge < -0.3 is 31.0 Å². The molecule has 2 aliphatic carbocycles. The monoisotopic (exact) mass is 490 g/mol. The van der Waals surface area contributed by atoms with Crippen LogP contribution in [-0.4, -0.2) is 47.5 Å². The van der Waals surface area contributed by atoms with Gasteiger partial charge in [0.05, 0.1) is 17.0 Å². The van der Waals surface area contributed by atoms with Crippen molar-refractivity contribution in [3.8, 4) is 0 Å². The molecule has 36 heavy (non-hydrogen) atoms. The van der Waals surface area contributed by atoms with Crippen molar-refractivity contribution < 1.29 is 19.3 Å². The Bertz CT molecular complexity index is 1520. The Balaban J connectivity index is 1.20. The number of aliphatic hydroxyl groups excluding tert-OH is 1. The molecule has 1 unspecified atom stereocenters. The molecule has 1 aromatic carbocycles. The van der Waals surface area contributed by atoms with Crippen molar-refractivity contribution in [2.24, 2.45) is 5.92 Å². The molecule has 1 saturated heterocycles. The Morgan fingerprint density at radius 2 is 1.97 bits per heavy atom. The highest BCUT2D eigenvalue weighted by Crippen LogP contribution is 2.52. The van der Waals surface area contributed by atoms with Crippen molar-refractivity contribution in [3.05, 3.63) is 53.7 Å². The van der Waals surface area contributed by atoms with Gasteiger partial charge in [0.2, 0.25) is 0 Å². The minimum absolute atomic E-state index is 0.0191. The molecule has 3 aliphatic rings. The number of rotatable bonds is 4. The van der Waals surface area contributed by atoms with Crippen LogP contribution in [0.2, 0.25) is 0 Å². The number of nitrogens with zero attached hydrogens (tertiary/aromatic N) is 4. The fourth-order valence-corrected chi connectivity index (χ4v) is 6.23. The van der Waals surface area contributed by atoms with Gasteiger partial charge in [-0.05, 0) is 67.2 Å². The van der Waals surface area contributed by atoms with Crippen LogP contribution in [0.25, 0.3) is 21.9 Å². The van der Waals surface area contributed by atoms with Crippen LogP contribution in [0.4, 0.5) is 16.0 Å². The highest BCUT2D eigenvalue weighted by atomic mass is 19.1. The van der Waals surface area contributed by atoms with Gasteiger partial charge in [-0.2, -0.15) is 0 Å². The maximum atomic E-state index is 13.8. The van der Waals surface area contributed by atoms with Gasteiger partial charge in [0.15, 0.2) is 17.9 Å². The molecule has 0 bridgehead atoms. The summed E-state index contributed by atoms with van der Waals surface area (Å²) in [7, 11) is 0. The molecule has 6 N–H and O–H groups in total. The van der Waals surface area contributed by atoms with Crippen LogP contribution in [-0.2, 0) is 11.2 Å². The van der Waals surface area contributed by atoms with E-state index in [1.807, 2.05) is 29.0 Å². The van der Waals surface area contributed by atoms with Crippen molar-refractivity contribution in [2.75, 3.05) is 11.5 Å². The second kappa shape index (κ2) is 7.58. The Morgan fingerprint density at radius 1 is 1.14 bits per heavy atom. The van der Waals surface area contributed by atoms with E-state index in [1.165, 1.54) is 12.4 Å². The SMILES string of the molecule is Nc1nc2cc(C[C@@H]3CC[C@]4(O)C(O)[C@H](n5cc(C6CC6)c6c(N)ncnc65)O[C@H]34)ccc2cc1F. The second-order valence-electron chi connectivity index (χ2n) is 10.5. The maximum Gasteiger partial charge on any atom is 0.165 e. The molecule has 186 valence electrons. The van der Waals surface area contributed by atoms with Crippen LogP contribution in [0.1, 0.15) is 49.0 Å². The van der Waals surface area contributed by atoms with Crippen molar-refractivity contribution in [2.45, 2.75) is 62.1 Å². The third kappa shape index (κ3) is 3.14. The second-order valence-corrected chi connectivity index (χ2v) is 10.5. The lowest BCUT2D eigenvalue weighted by Crippen LogP contribution is -2.45. The summed E-state index contributed by atoms with van der Waals surface area (Å²) < 4.78 is 22.0. The standard InChI is InChI=1S/C26H27FN6O3/c27-17-9-14-2-1-12(8-18(14)32-22(17)28)7-15-5-6-26(35)20(34)25(36-21(15)26)33-10-16(13-3-4-13)19-23(29)30-11-31-24(19)33/h1-2,8-11,13,15,20-21,25,34-35H,3-7H2,(H2,28,32)(H2,29,30,31)/t15-,20?,21+,25+,26-/m0/s1. The number of fused-ring (bicyclic) bond motifs is 3. The lowest BCUT2D eigenvalue weighted by atomic mass is 9.90. The topological polar surface area (TPSA) is 145 Å². The lowest BCUT2D eigenvalue weighted by molar-refractivity contribution is -0.0675. The first kappa shape index (κ1) is 21.9. The largest absolute Gasteiger partial charge is 0.385 e. The Morgan fingerprint density at radius 3 is 2.78 bits per heavy atom. The van der Waals surface area contributed by atoms with E-state index in [0.29, 0.717) is 47.5 Å². The molecule has 4 heterocycles. The number of hydrogen-bond acceptors (Lipinski definition) is 8. The normalized spacial score (nSPS) is 29.9. The summed E-state index contributed by atoms with van der Waals surface area (Å²) in [6.07, 6.45) is 4.82. The molecule has 0 spiro atoms. The van der Waals surface area contributed by atoms with Gasteiger partial charge in [0.1, 0.15) is 29.5 Å². The maximum absolute atomic E-state index is 13.8. The molecule has 1 aliphatic heterocycles. The van der Waals surface area contributed by atoms with Gasteiger partial charge in [-0.25, -0.2) is 19.3 Å². The van der Waals surface area contributed by atoms with E-state index in [9.17, 15) is 14.6 Å². The van der Waals surface area contributed by atoms with Crippen LogP contribution < -0.4 is 11.5 Å². The van der Waals surface area contributed by atoms with Gasteiger partial charge in [-0.3, -0.25) is 0 Å². The molecule has 0 amide bonds. The van der Waals surface area contributed by atoms with Crippen LogP contribution in [0, 0.1) is 11.7 Å². The third-order valence-electron chi connectivity index (χ3n) is 8.22. The van der Waals surface area contributed by atoms with E-state index in [0.717, 1.165) is 29.4 Å². The number of anilines is 2. The first-order chi connectivity index (χ1) is 17.3. The quantitative estimate of drug-likeness (QED) is 0.342. The van der Waals surface area contributed by atoms with Crippen molar-refractivity contribution in [1.29, 1.82) is 0 Å². The molecule has 3 aromatic heterocycles. The summed E-state index contributed by atoms with van der Waals surface area (Å²) in [4.78, 5) is 12.8. The molecule has 7 rings (SSSR count). The Labute approximate surface area is 205 Å². The lowest BCUT2D eigenvalue weighted by Gasteiger charge is -2.26. The highest BCUT2D eigenvalue weighted by Gasteiger charge is 2.61. The molecular formula is C26H27FN6O3. The summed E-state index contributed by atoms with van der Waals surface area (Å²) in [6, 6.07) is 7.03. The molecule has 9 nitrogen and oxygen atoms in total. The molecule has 3 fully saturated rings. The predicted octanol–water partition coefficient (Wildman–Crippen LogP) is 2.80. The third-order valence-corrected chi connectivity index (χ3v) is 8.22. The molecule has 2 saturated carbocycles. The number of nitrogen functional groups attached to an aromatic ring is 2. The number of halogens is 1. The van der Waals surface area contributed by atoms with Gasteiger partial charge in [0, 0.05) is 11.6 Å². The van der Waals surface area contributed by atoms with E-state index >= 15 is 0 Å². The van der Waals surface area contributed by atoms with Crippen molar-refractivity contribution >= 4 is 33.6 Å². The zero-order valence-electron chi connectivity index (χ0n) is 19.5. The van der Waals surface area contributed by atoms with Crippen LogP contribution >= 0.6 is 0 Å². The summed E-state index contributed by atoms with van der Waals surface area (Å²) in [5.41, 5.74) is 13.8. The zero-order chi connectivity index (χ0) is 24.8. The van der Waals surface area contributed by atoms with Crippen molar-refractivity contribution in [3.63, 3.8) is 0 Å². The highest BCUT2D eigenvalue weighted by molar-refractivity contribution is 5.90. The number of pyridine rings is 1. The van der Waals surface area contributed by atoms with Crippen LogP contribution in [0.3, 0.4) is 0 Å². The minimum Gasteiger partial charge on any atom is -0.385 e. The number of nitrogens with two attached hydrogens (primary N) is 2. The van der Waals surface area contributed by atoms with E-state index in [-0.39, 0.29) is 11.7 Å². The van der Waals surface area contributed by atoms with Gasteiger partial charge in [0.25, 0.3) is 0 Å². The fraction of sp³-hybridized carbons (Fsp3) is 0.423. The summed E-state index contributed by atoms with van der Waals surface area (Å²) in [6.45, 7) is 0.